The van der Waals surface area contributed by atoms with Crippen molar-refractivity contribution in [1.29, 1.82) is 0 Å². The Labute approximate surface area is 202 Å². The van der Waals surface area contributed by atoms with Crippen LogP contribution in [0.25, 0.3) is 5.57 Å². The molecule has 3 aromatic rings. The Bertz CT molecular complexity index is 1230. The summed E-state index contributed by atoms with van der Waals surface area (Å²) >= 11 is 7.05. The average Bonchev–Trinajstić information content (AvgIpc) is 2.83. The van der Waals surface area contributed by atoms with Crippen molar-refractivity contribution in [1.82, 2.24) is 4.98 Å². The average molecular weight is 453 g/mol. The Kier molecular flexibility index (Phi) is 7.36. The van der Waals surface area contributed by atoms with Crippen LogP contribution in [0, 0.1) is 6.92 Å². The first kappa shape index (κ1) is 22.9. The van der Waals surface area contributed by atoms with E-state index in [1.807, 2.05) is 42.9 Å². The predicted octanol–water partition coefficient (Wildman–Crippen LogP) is 8.26. The molecule has 4 rings (SSSR count). The molecule has 2 nitrogen and oxygen atoms in total. The summed E-state index contributed by atoms with van der Waals surface area (Å²) in [6.07, 6.45) is 9.82. The largest absolute Gasteiger partial charge is 0.264 e. The van der Waals surface area contributed by atoms with Gasteiger partial charge in [0.2, 0.25) is 0 Å². The Balaban J connectivity index is 1.90. The first-order chi connectivity index (χ1) is 16.1. The van der Waals surface area contributed by atoms with Gasteiger partial charge in [-0.1, -0.05) is 97.2 Å². The molecular weight excluding hydrogens is 424 g/mol. The Morgan fingerprint density at radius 3 is 2.39 bits per heavy atom. The number of allylic oxidation sites excluding steroid dienone is 5. The number of benzene rings is 2. The summed E-state index contributed by atoms with van der Waals surface area (Å²) in [4.78, 5) is 9.44. The van der Waals surface area contributed by atoms with Gasteiger partial charge in [-0.25, -0.2) is 0 Å². The van der Waals surface area contributed by atoms with Gasteiger partial charge in [0.25, 0.3) is 0 Å². The van der Waals surface area contributed by atoms with Crippen LogP contribution in [-0.4, -0.2) is 10.7 Å². The third kappa shape index (κ3) is 5.23. The fourth-order valence-electron chi connectivity index (χ4n) is 4.35. The molecule has 0 amide bonds. The lowest BCUT2D eigenvalue weighted by atomic mass is 9.84. The molecular formula is C30H29ClN2. The smallest absolute Gasteiger partial charge is 0.0532 e. The van der Waals surface area contributed by atoms with Crippen LogP contribution >= 0.6 is 11.6 Å². The molecule has 0 N–H and O–H groups in total. The molecule has 2 heterocycles. The van der Waals surface area contributed by atoms with E-state index in [9.17, 15) is 0 Å². The quantitative estimate of drug-likeness (QED) is 0.369. The van der Waals surface area contributed by atoms with Crippen molar-refractivity contribution in [2.75, 3.05) is 0 Å². The molecule has 3 heteroatoms. The van der Waals surface area contributed by atoms with Crippen LogP contribution in [-0.2, 0) is 0 Å². The molecule has 0 aliphatic carbocycles. The van der Waals surface area contributed by atoms with Gasteiger partial charge in [0.15, 0.2) is 0 Å². The minimum Gasteiger partial charge on any atom is -0.264 e. The highest BCUT2D eigenvalue weighted by atomic mass is 35.5. The normalized spacial score (nSPS) is 18.4. The Morgan fingerprint density at radius 2 is 1.70 bits per heavy atom. The highest BCUT2D eigenvalue weighted by Crippen LogP contribution is 2.37. The molecule has 1 aromatic heterocycles. The zero-order chi connectivity index (χ0) is 23.2. The van der Waals surface area contributed by atoms with Crippen LogP contribution in [0.5, 0.6) is 0 Å². The molecule has 166 valence electrons. The highest BCUT2D eigenvalue weighted by molar-refractivity contribution is 6.42. The standard InChI is InChI=1S/C30H29ClN2/c1-4-10-27-29(23-12-6-5-7-13-23)30(31)22(3)18-26(20-33-27)28(25-15-9-16-32-19-25)24-14-8-11-21(2)17-24/h5-9,11-20,28H,4,10H2,1-3H3/b22-18+,26-18?,26-20-,29-27?,30-22?,30-29?,33-20?,33-27?. The second-order valence-corrected chi connectivity index (χ2v) is 8.85. The summed E-state index contributed by atoms with van der Waals surface area (Å²) in [5, 5.41) is 0.758. The number of hydrogen-bond donors (Lipinski definition) is 0. The van der Waals surface area contributed by atoms with Gasteiger partial charge in [-0.05, 0) is 54.2 Å². The number of aliphatic imine (C=N–C) groups is 1. The van der Waals surface area contributed by atoms with Crippen molar-refractivity contribution in [3.05, 3.63) is 130 Å². The van der Waals surface area contributed by atoms with Gasteiger partial charge in [-0.3, -0.25) is 9.98 Å². The fraction of sp³-hybridized carbons (Fsp3) is 0.200. The van der Waals surface area contributed by atoms with E-state index in [0.717, 1.165) is 51.4 Å². The van der Waals surface area contributed by atoms with Gasteiger partial charge in [-0.15, -0.1) is 0 Å². The number of halogens is 1. The molecule has 1 aliphatic rings. The second kappa shape index (κ2) is 10.6. The number of aryl methyl sites for hydroxylation is 1. The fourth-order valence-corrected chi connectivity index (χ4v) is 4.62. The highest BCUT2D eigenvalue weighted by Gasteiger charge is 2.22. The molecule has 2 aromatic carbocycles. The van der Waals surface area contributed by atoms with Gasteiger partial charge in [0, 0.05) is 35.8 Å². The molecule has 0 bridgehead atoms. The number of rotatable bonds is 6. The van der Waals surface area contributed by atoms with E-state index in [2.05, 4.69) is 74.3 Å². The summed E-state index contributed by atoms with van der Waals surface area (Å²) < 4.78 is 0. The third-order valence-corrected chi connectivity index (χ3v) is 6.37. The van der Waals surface area contributed by atoms with E-state index in [4.69, 9.17) is 16.6 Å². The van der Waals surface area contributed by atoms with Crippen LogP contribution in [0.4, 0.5) is 0 Å². The monoisotopic (exact) mass is 452 g/mol. The first-order valence-corrected chi connectivity index (χ1v) is 11.8. The lowest BCUT2D eigenvalue weighted by molar-refractivity contribution is 0.949. The number of aromatic nitrogens is 1. The van der Waals surface area contributed by atoms with E-state index in [0.29, 0.717) is 0 Å². The van der Waals surface area contributed by atoms with E-state index in [-0.39, 0.29) is 5.92 Å². The van der Waals surface area contributed by atoms with Gasteiger partial charge in [-0.2, -0.15) is 0 Å². The number of pyridine rings is 1. The molecule has 0 radical (unpaired) electrons. The maximum Gasteiger partial charge on any atom is 0.0532 e. The molecule has 0 fully saturated rings. The van der Waals surface area contributed by atoms with Gasteiger partial charge < -0.3 is 0 Å². The summed E-state index contributed by atoms with van der Waals surface area (Å²) in [5.74, 6) is 0.0166. The number of hydrogen-bond acceptors (Lipinski definition) is 2. The topological polar surface area (TPSA) is 25.2 Å². The Hall–Kier alpha value is -3.23. The van der Waals surface area contributed by atoms with Crippen molar-refractivity contribution in [3.63, 3.8) is 0 Å². The van der Waals surface area contributed by atoms with E-state index < -0.39 is 0 Å². The lowest BCUT2D eigenvalue weighted by Crippen LogP contribution is -2.09. The van der Waals surface area contributed by atoms with E-state index in [1.165, 1.54) is 11.1 Å². The minimum atomic E-state index is 0.0166. The van der Waals surface area contributed by atoms with Gasteiger partial charge in [0.05, 0.1) is 5.03 Å². The second-order valence-electron chi connectivity index (χ2n) is 8.47. The summed E-state index contributed by atoms with van der Waals surface area (Å²) in [5.41, 5.74) is 8.86. The zero-order valence-electron chi connectivity index (χ0n) is 19.4. The third-order valence-electron chi connectivity index (χ3n) is 5.88. The summed E-state index contributed by atoms with van der Waals surface area (Å²) in [6.45, 7) is 6.39. The summed E-state index contributed by atoms with van der Waals surface area (Å²) in [6, 6.07) is 23.1. The van der Waals surface area contributed by atoms with Gasteiger partial charge >= 0.3 is 0 Å². The lowest BCUT2D eigenvalue weighted by Gasteiger charge is -2.22. The molecule has 0 spiro atoms. The molecule has 1 aliphatic heterocycles. The van der Waals surface area contributed by atoms with Crippen LogP contribution < -0.4 is 0 Å². The maximum absolute atomic E-state index is 7.05. The van der Waals surface area contributed by atoms with Crippen LogP contribution in [0.2, 0.25) is 0 Å². The molecule has 1 unspecified atom stereocenters. The predicted molar refractivity (Wildman–Crippen MR) is 141 cm³/mol. The van der Waals surface area contributed by atoms with Gasteiger partial charge in [0.1, 0.15) is 0 Å². The van der Waals surface area contributed by atoms with Crippen LogP contribution in [0.15, 0.2) is 113 Å². The van der Waals surface area contributed by atoms with E-state index in [1.54, 1.807) is 0 Å². The van der Waals surface area contributed by atoms with Crippen molar-refractivity contribution in [2.45, 2.75) is 39.5 Å². The SMILES string of the molecule is CCCC1=N/C=C(C(c2cccnc2)c2cccc(C)c2)/C=C(\C)C(Cl)=C1c1ccccc1. The Morgan fingerprint density at radius 1 is 0.909 bits per heavy atom. The van der Waals surface area contributed by atoms with Crippen molar-refractivity contribution < 1.29 is 0 Å². The van der Waals surface area contributed by atoms with Crippen LogP contribution in [0.1, 0.15) is 54.9 Å². The molecule has 0 saturated carbocycles. The van der Waals surface area contributed by atoms with Crippen LogP contribution in [0.3, 0.4) is 0 Å². The minimum absolute atomic E-state index is 0.0166. The summed E-state index contributed by atoms with van der Waals surface area (Å²) in [7, 11) is 0. The number of nitrogens with zero attached hydrogens (tertiary/aromatic N) is 2. The zero-order valence-corrected chi connectivity index (χ0v) is 20.2. The first-order valence-electron chi connectivity index (χ1n) is 11.5. The molecule has 1 atom stereocenters. The maximum atomic E-state index is 7.05. The molecule has 33 heavy (non-hydrogen) atoms. The molecule has 0 saturated heterocycles. The van der Waals surface area contributed by atoms with E-state index >= 15 is 0 Å². The van der Waals surface area contributed by atoms with Crippen molar-refractivity contribution >= 4 is 22.9 Å². The van der Waals surface area contributed by atoms with Crippen molar-refractivity contribution in [2.24, 2.45) is 4.99 Å². The van der Waals surface area contributed by atoms with Crippen molar-refractivity contribution in [3.8, 4) is 0 Å².